The van der Waals surface area contributed by atoms with E-state index in [-0.39, 0.29) is 32.6 Å². The molecule has 0 atom stereocenters. The van der Waals surface area contributed by atoms with Crippen molar-refractivity contribution in [2.45, 2.75) is 0 Å². The maximum absolute atomic E-state index is 8.52. The van der Waals surface area contributed by atoms with Crippen molar-refractivity contribution in [3.8, 4) is 0 Å². The summed E-state index contributed by atoms with van der Waals surface area (Å²) in [5, 5.41) is 0. The normalized spacial score (nSPS) is 8.89. The van der Waals surface area contributed by atoms with Crippen molar-refractivity contribution in [1.29, 1.82) is 0 Å². The first kappa shape index (κ1) is 16.9. The first-order valence-electron chi connectivity index (χ1n) is 0.934. The van der Waals surface area contributed by atoms with Crippen LogP contribution in [0.15, 0.2) is 0 Å². The van der Waals surface area contributed by atoms with Crippen molar-refractivity contribution >= 4 is 30.6 Å². The van der Waals surface area contributed by atoms with Gasteiger partial charge in [0, 0.05) is 10.4 Å². The molecule has 0 aromatic carbocycles. The van der Waals surface area contributed by atoms with Crippen LogP contribution in [0.2, 0.25) is 0 Å². The van der Waals surface area contributed by atoms with E-state index in [1.165, 1.54) is 0 Å². The maximum atomic E-state index is 8.52. The zero-order valence-electron chi connectivity index (χ0n) is 3.86. The van der Waals surface area contributed by atoms with Gasteiger partial charge in [0.1, 0.15) is 0 Å². The minimum absolute atomic E-state index is 0. The van der Waals surface area contributed by atoms with Crippen molar-refractivity contribution in [2.24, 2.45) is 0 Å². The van der Waals surface area contributed by atoms with Crippen LogP contribution in [0.5, 0.6) is 0 Å². The van der Waals surface area contributed by atoms with Crippen LogP contribution in [-0.2, 0) is 43.0 Å². The van der Waals surface area contributed by atoms with Gasteiger partial charge in [-0.05, 0) is 0 Å². The van der Waals surface area contributed by atoms with Gasteiger partial charge in [-0.3, -0.25) is 8.42 Å². The topological polar surface area (TPSA) is 80.3 Å². The molecule has 0 aromatic rings. The van der Waals surface area contributed by atoms with E-state index in [0.717, 1.165) is 0 Å². The maximum Gasteiger partial charge on any atom is 2.00 e. The van der Waals surface area contributed by atoms with Crippen LogP contribution in [0.1, 0.15) is 0 Å². The summed E-state index contributed by atoms with van der Waals surface area (Å²) in [7, 11) is 4.36. The molecule has 4 nitrogen and oxygen atoms in total. The quantitative estimate of drug-likeness (QED) is 0.358. The Morgan fingerprint density at radius 1 is 1.22 bits per heavy atom. The molecule has 0 radical (unpaired) electrons. The fraction of sp³-hybridized carbons (Fsp3) is 0. The largest absolute Gasteiger partial charge is 2.00 e. The molecule has 0 amide bonds. The standard InChI is InChI=1S/2ClH.Fe.H2O4S.Zn/c;;;1-5(2,3)4;/h2*1H;;(H2,1,2,3,4);/q;;+2;;+2/p-4. The molecule has 0 N–H and O–H groups in total. The molecule has 9 heavy (non-hydrogen) atoms. The van der Waals surface area contributed by atoms with Crippen LogP contribution in [-0.4, -0.2) is 17.5 Å². The molecule has 0 aliphatic heterocycles. The number of halogens is 2. The number of rotatable bonds is 0. The molecule has 0 aliphatic rings. The first-order valence-corrected chi connectivity index (χ1v) is 5.31. The van der Waals surface area contributed by atoms with Gasteiger partial charge in [-0.15, -0.1) is 0 Å². The molecule has 54 valence electrons. The summed E-state index contributed by atoms with van der Waals surface area (Å²) < 4.78 is 34.1. The molecule has 9 heteroatoms. The summed E-state index contributed by atoms with van der Waals surface area (Å²) in [4.78, 5) is 0. The SMILES string of the molecule is O=S(=O)([O-])[O-].[Cl][Fe][Cl].[Zn+2]. The summed E-state index contributed by atoms with van der Waals surface area (Å²) in [6.07, 6.45) is 0. The Morgan fingerprint density at radius 3 is 1.22 bits per heavy atom. The van der Waals surface area contributed by atoms with Crippen molar-refractivity contribution in [3.05, 3.63) is 0 Å². The van der Waals surface area contributed by atoms with Crippen LogP contribution in [0.3, 0.4) is 0 Å². The van der Waals surface area contributed by atoms with Crippen LogP contribution >= 0.6 is 20.2 Å². The van der Waals surface area contributed by atoms with Crippen molar-refractivity contribution in [1.82, 2.24) is 0 Å². The molecular weight excluding hydrogens is 288 g/mol. The molecule has 0 heterocycles. The summed E-state index contributed by atoms with van der Waals surface area (Å²) in [6.45, 7) is 0. The van der Waals surface area contributed by atoms with E-state index in [0.29, 0.717) is 0 Å². The Bertz CT molecular complexity index is 113. The third-order valence-electron chi connectivity index (χ3n) is 0. The van der Waals surface area contributed by atoms with E-state index in [9.17, 15) is 0 Å². The monoisotopic (exact) mass is 286 g/mol. The van der Waals surface area contributed by atoms with E-state index < -0.39 is 10.4 Å². The predicted octanol–water partition coefficient (Wildman–Crippen LogP) is 0.0360. The van der Waals surface area contributed by atoms with Crippen molar-refractivity contribution in [2.75, 3.05) is 0 Å². The zero-order valence-corrected chi connectivity index (χ0v) is 10.3. The Hall–Kier alpha value is 1.59. The van der Waals surface area contributed by atoms with Gasteiger partial charge in [0.2, 0.25) is 0 Å². The fourth-order valence-electron chi connectivity index (χ4n) is 0. The molecule has 0 spiro atoms. The fourth-order valence-corrected chi connectivity index (χ4v) is 0. The third kappa shape index (κ3) is 218. The Kier molecular flexibility index (Phi) is 18.0. The second-order valence-electron chi connectivity index (χ2n) is 0.459. The summed E-state index contributed by atoms with van der Waals surface area (Å²) in [5.41, 5.74) is 0. The van der Waals surface area contributed by atoms with Crippen LogP contribution in [0.25, 0.3) is 0 Å². The minimum atomic E-state index is -5.17. The van der Waals surface area contributed by atoms with E-state index in [1.807, 2.05) is 0 Å². The first-order chi connectivity index (χ1) is 3.41. The average Bonchev–Trinajstić information content (AvgIpc) is 1.27. The molecule has 0 rings (SSSR count). The van der Waals surface area contributed by atoms with Gasteiger partial charge in [-0.1, -0.05) is 0 Å². The zero-order chi connectivity index (χ0) is 7.21. The summed E-state index contributed by atoms with van der Waals surface area (Å²) in [5.74, 6) is 0. The van der Waals surface area contributed by atoms with E-state index >= 15 is 0 Å². The van der Waals surface area contributed by atoms with Crippen LogP contribution < -0.4 is 0 Å². The molecule has 0 saturated carbocycles. The van der Waals surface area contributed by atoms with Gasteiger partial charge in [-0.2, -0.15) is 0 Å². The molecule has 0 fully saturated rings. The number of hydrogen-bond donors (Lipinski definition) is 0. The smallest absolute Gasteiger partial charge is 2.00 e. The molecule has 0 bridgehead atoms. The van der Waals surface area contributed by atoms with Gasteiger partial charge in [-0.25, -0.2) is 0 Å². The van der Waals surface area contributed by atoms with E-state index in [1.54, 1.807) is 0 Å². The van der Waals surface area contributed by atoms with Gasteiger partial charge in [0.25, 0.3) is 0 Å². The molecular formula is Cl2FeO4SZn. The van der Waals surface area contributed by atoms with Gasteiger partial charge < -0.3 is 9.11 Å². The summed E-state index contributed by atoms with van der Waals surface area (Å²) in [6, 6.07) is 0. The van der Waals surface area contributed by atoms with Crippen LogP contribution in [0, 0.1) is 0 Å². The van der Waals surface area contributed by atoms with Crippen LogP contribution in [0.4, 0.5) is 0 Å². The van der Waals surface area contributed by atoms with Gasteiger partial charge in [0.05, 0.1) is 0 Å². The molecule has 0 unspecified atom stereocenters. The summed E-state index contributed by atoms with van der Waals surface area (Å²) >= 11 is 0.194. The minimum Gasteiger partial charge on any atom is 2.00 e. The molecule has 0 saturated heterocycles. The molecule has 0 aromatic heterocycles. The van der Waals surface area contributed by atoms with E-state index in [2.05, 4.69) is 0 Å². The second kappa shape index (κ2) is 9.59. The van der Waals surface area contributed by atoms with Crippen molar-refractivity contribution in [3.63, 3.8) is 0 Å². The third-order valence-corrected chi connectivity index (χ3v) is 0. The Labute approximate surface area is 80.2 Å². The second-order valence-corrected chi connectivity index (χ2v) is 3.10. The van der Waals surface area contributed by atoms with Gasteiger partial charge >= 0.3 is 52.8 Å². The number of hydrogen-bond acceptors (Lipinski definition) is 4. The predicted molar refractivity (Wildman–Crippen MR) is 22.2 cm³/mol. The van der Waals surface area contributed by atoms with E-state index in [4.69, 9.17) is 37.7 Å². The Balaban J connectivity index is -0.0000000800. The molecule has 0 aliphatic carbocycles. The Morgan fingerprint density at radius 2 is 1.22 bits per heavy atom. The van der Waals surface area contributed by atoms with Gasteiger partial charge in [0.15, 0.2) is 0 Å². The van der Waals surface area contributed by atoms with Crippen molar-refractivity contribution < 1.29 is 50.1 Å². The average molecular weight is 288 g/mol.